The molecule has 4 aromatic rings. The number of nitrogens with zero attached hydrogens (tertiary/aromatic N) is 2. The third kappa shape index (κ3) is 4.52. The highest BCUT2D eigenvalue weighted by Crippen LogP contribution is 2.28. The highest BCUT2D eigenvalue weighted by molar-refractivity contribution is 6.42. The van der Waals surface area contributed by atoms with Gasteiger partial charge in [-0.25, -0.2) is 4.98 Å². The van der Waals surface area contributed by atoms with Gasteiger partial charge in [0.1, 0.15) is 0 Å². The van der Waals surface area contributed by atoms with Crippen LogP contribution in [0.15, 0.2) is 65.7 Å². The first-order chi connectivity index (χ1) is 15.9. The molecule has 5 nitrogen and oxygen atoms in total. The summed E-state index contributed by atoms with van der Waals surface area (Å²) in [6.45, 7) is 2.35. The molecule has 1 aromatic heterocycles. The number of rotatable bonds is 5. The monoisotopic (exact) mass is 477 g/mol. The number of amides is 1. The van der Waals surface area contributed by atoms with Gasteiger partial charge in [0.2, 0.25) is 0 Å². The maximum atomic E-state index is 13.1. The number of hydrogen-bond donors (Lipinski definition) is 1. The van der Waals surface area contributed by atoms with Gasteiger partial charge in [-0.1, -0.05) is 41.4 Å². The third-order valence-corrected chi connectivity index (χ3v) is 6.62. The molecular formula is C26H21Cl2N3O2. The predicted molar refractivity (Wildman–Crippen MR) is 132 cm³/mol. The fourth-order valence-electron chi connectivity index (χ4n) is 3.84. The Hall–Kier alpha value is -3.15. The largest absolute Gasteiger partial charge is 0.349 e. The number of benzene rings is 3. The topological polar surface area (TPSA) is 64.0 Å². The van der Waals surface area contributed by atoms with E-state index in [9.17, 15) is 9.59 Å². The first kappa shape index (κ1) is 21.7. The average molecular weight is 478 g/mol. The van der Waals surface area contributed by atoms with Gasteiger partial charge in [0.25, 0.3) is 11.5 Å². The highest BCUT2D eigenvalue weighted by atomic mass is 35.5. The Kier molecular flexibility index (Phi) is 5.69. The highest BCUT2D eigenvalue weighted by Gasteiger charge is 2.24. The zero-order valence-electron chi connectivity index (χ0n) is 17.9. The lowest BCUT2D eigenvalue weighted by Gasteiger charge is -2.11. The van der Waals surface area contributed by atoms with Crippen molar-refractivity contribution in [2.75, 3.05) is 0 Å². The van der Waals surface area contributed by atoms with Crippen molar-refractivity contribution in [1.82, 2.24) is 14.9 Å². The molecule has 0 saturated heterocycles. The summed E-state index contributed by atoms with van der Waals surface area (Å²) < 4.78 is 1.55. The van der Waals surface area contributed by atoms with Crippen molar-refractivity contribution >= 4 is 40.0 Å². The lowest BCUT2D eigenvalue weighted by atomic mass is 9.97. The second kappa shape index (κ2) is 8.65. The minimum Gasteiger partial charge on any atom is -0.349 e. The predicted octanol–water partition coefficient (Wildman–Crippen LogP) is 5.62. The quantitative estimate of drug-likeness (QED) is 0.405. The van der Waals surface area contributed by atoms with Gasteiger partial charge in [0.15, 0.2) is 0 Å². The molecule has 1 fully saturated rings. The van der Waals surface area contributed by atoms with Crippen molar-refractivity contribution in [3.8, 4) is 11.1 Å². The van der Waals surface area contributed by atoms with E-state index in [1.165, 1.54) is 0 Å². The third-order valence-electron chi connectivity index (χ3n) is 5.89. The molecule has 1 aliphatic rings. The Labute approximate surface area is 201 Å². The van der Waals surface area contributed by atoms with Crippen molar-refractivity contribution in [3.63, 3.8) is 0 Å². The molecule has 1 heterocycles. The Morgan fingerprint density at radius 3 is 2.64 bits per heavy atom. The lowest BCUT2D eigenvalue weighted by Crippen LogP contribution is -2.25. The van der Waals surface area contributed by atoms with Crippen molar-refractivity contribution in [1.29, 1.82) is 0 Å². The average Bonchev–Trinajstić information content (AvgIpc) is 3.62. The number of carbonyl (C=O) groups excluding carboxylic acids is 1. The molecule has 0 atom stereocenters. The van der Waals surface area contributed by atoms with Crippen LogP contribution in [0.5, 0.6) is 0 Å². The Bertz CT molecular complexity index is 1460. The van der Waals surface area contributed by atoms with Crippen LogP contribution in [-0.2, 0) is 6.54 Å². The number of carbonyl (C=O) groups is 1. The number of fused-ring (bicyclic) bond motifs is 1. The zero-order chi connectivity index (χ0) is 23.1. The van der Waals surface area contributed by atoms with Gasteiger partial charge in [-0.15, -0.1) is 0 Å². The van der Waals surface area contributed by atoms with Crippen LogP contribution in [-0.4, -0.2) is 21.5 Å². The van der Waals surface area contributed by atoms with Crippen LogP contribution in [0, 0.1) is 6.92 Å². The summed E-state index contributed by atoms with van der Waals surface area (Å²) in [5.74, 6) is -0.0529. The zero-order valence-corrected chi connectivity index (χ0v) is 19.5. The van der Waals surface area contributed by atoms with E-state index in [4.69, 9.17) is 23.2 Å². The second-order valence-corrected chi connectivity index (χ2v) is 9.25. The van der Waals surface area contributed by atoms with E-state index in [0.29, 0.717) is 39.1 Å². The molecular weight excluding hydrogens is 457 g/mol. The smallest absolute Gasteiger partial charge is 0.261 e. The van der Waals surface area contributed by atoms with Crippen molar-refractivity contribution in [3.05, 3.63) is 98.0 Å². The van der Waals surface area contributed by atoms with Crippen LogP contribution >= 0.6 is 23.2 Å². The van der Waals surface area contributed by atoms with E-state index in [1.54, 1.807) is 29.1 Å². The van der Waals surface area contributed by atoms with E-state index in [-0.39, 0.29) is 11.5 Å². The molecule has 1 N–H and O–H groups in total. The van der Waals surface area contributed by atoms with Crippen LogP contribution in [0.2, 0.25) is 10.0 Å². The van der Waals surface area contributed by atoms with Crippen LogP contribution in [0.3, 0.4) is 0 Å². The lowest BCUT2D eigenvalue weighted by molar-refractivity contribution is 0.0951. The van der Waals surface area contributed by atoms with E-state index < -0.39 is 0 Å². The van der Waals surface area contributed by atoms with Crippen molar-refractivity contribution in [2.45, 2.75) is 32.4 Å². The van der Waals surface area contributed by atoms with Gasteiger partial charge in [-0.3, -0.25) is 14.2 Å². The molecule has 0 radical (unpaired) electrons. The summed E-state index contributed by atoms with van der Waals surface area (Å²) in [5.41, 5.74) is 4.87. The van der Waals surface area contributed by atoms with Crippen LogP contribution in [0.1, 0.15) is 34.3 Å². The maximum absolute atomic E-state index is 13.1. The minimum absolute atomic E-state index is 0.0529. The molecule has 0 aliphatic heterocycles. The summed E-state index contributed by atoms with van der Waals surface area (Å²) in [6, 6.07) is 16.9. The Balaban J connectivity index is 1.48. The first-order valence-electron chi connectivity index (χ1n) is 10.7. The number of aryl methyl sites for hydroxylation is 1. The maximum Gasteiger partial charge on any atom is 0.261 e. The number of aromatic nitrogens is 2. The molecule has 166 valence electrons. The van der Waals surface area contributed by atoms with E-state index in [1.807, 2.05) is 43.3 Å². The van der Waals surface area contributed by atoms with Crippen molar-refractivity contribution < 1.29 is 4.79 Å². The fraction of sp³-hybridized carbons (Fsp3) is 0.192. The van der Waals surface area contributed by atoms with Crippen molar-refractivity contribution in [2.24, 2.45) is 0 Å². The molecule has 33 heavy (non-hydrogen) atoms. The molecule has 0 unspecified atom stereocenters. The Morgan fingerprint density at radius 2 is 1.88 bits per heavy atom. The summed E-state index contributed by atoms with van der Waals surface area (Å²) in [7, 11) is 0. The van der Waals surface area contributed by atoms with Gasteiger partial charge in [0, 0.05) is 11.6 Å². The van der Waals surface area contributed by atoms with Gasteiger partial charge in [0.05, 0.1) is 33.8 Å². The molecule has 1 saturated carbocycles. The molecule has 0 bridgehead atoms. The normalized spacial score (nSPS) is 13.3. The van der Waals surface area contributed by atoms with Crippen LogP contribution < -0.4 is 10.9 Å². The summed E-state index contributed by atoms with van der Waals surface area (Å²) in [6.07, 6.45) is 3.64. The van der Waals surface area contributed by atoms with E-state index >= 15 is 0 Å². The second-order valence-electron chi connectivity index (χ2n) is 8.44. The SMILES string of the molecule is Cc1ccc(C(=O)NC2CC2)cc1-c1ccc2c(=O)n(Cc3ccc(Cl)c(Cl)c3)cnc2c1. The summed E-state index contributed by atoms with van der Waals surface area (Å²) >= 11 is 12.1. The standard InChI is InChI=1S/C26H21Cl2N3O2/c1-15-2-4-18(25(32)30-19-6-7-19)11-21(15)17-5-8-20-24(12-17)29-14-31(26(20)33)13-16-3-9-22(27)23(28)10-16/h2-5,8-12,14,19H,6-7,13H2,1H3,(H,30,32). The number of nitrogens with one attached hydrogen (secondary N) is 1. The molecule has 3 aromatic carbocycles. The molecule has 0 spiro atoms. The molecule has 7 heteroatoms. The molecule has 1 amide bonds. The molecule has 5 rings (SSSR count). The summed E-state index contributed by atoms with van der Waals surface area (Å²) in [4.78, 5) is 30.1. The minimum atomic E-state index is -0.132. The number of hydrogen-bond acceptors (Lipinski definition) is 3. The summed E-state index contributed by atoms with van der Waals surface area (Å²) in [5, 5.41) is 4.48. The molecule has 1 aliphatic carbocycles. The van der Waals surface area contributed by atoms with Gasteiger partial charge in [-0.05, 0) is 78.4 Å². The fourth-order valence-corrected chi connectivity index (χ4v) is 4.16. The number of halogens is 2. The Morgan fingerprint density at radius 1 is 1.06 bits per heavy atom. The van der Waals surface area contributed by atoms with Gasteiger partial charge < -0.3 is 5.32 Å². The van der Waals surface area contributed by atoms with Gasteiger partial charge in [-0.2, -0.15) is 0 Å². The van der Waals surface area contributed by atoms with E-state index in [2.05, 4.69) is 10.3 Å². The van der Waals surface area contributed by atoms with E-state index in [0.717, 1.165) is 35.1 Å². The van der Waals surface area contributed by atoms with Crippen LogP contribution in [0.25, 0.3) is 22.0 Å². The van der Waals surface area contributed by atoms with Gasteiger partial charge >= 0.3 is 0 Å². The van der Waals surface area contributed by atoms with Crippen LogP contribution in [0.4, 0.5) is 0 Å². The first-order valence-corrected chi connectivity index (χ1v) is 11.5.